The van der Waals surface area contributed by atoms with Crippen LogP contribution in [0.3, 0.4) is 0 Å². The highest BCUT2D eigenvalue weighted by atomic mass is 32.1. The smallest absolute Gasteiger partial charge is 0.358 e. The molecule has 2 aromatic heterocycles. The van der Waals surface area contributed by atoms with Crippen molar-refractivity contribution in [1.82, 2.24) is 15.1 Å². The van der Waals surface area contributed by atoms with Gasteiger partial charge in [-0.25, -0.2) is 9.78 Å². The van der Waals surface area contributed by atoms with Crippen LogP contribution in [0.1, 0.15) is 23.3 Å². The summed E-state index contributed by atoms with van der Waals surface area (Å²) in [5.41, 5.74) is 0.834. The lowest BCUT2D eigenvalue weighted by atomic mass is 10.2. The van der Waals surface area contributed by atoms with E-state index in [1.807, 2.05) is 0 Å². The topological polar surface area (TPSA) is 116 Å². The van der Waals surface area contributed by atoms with Crippen LogP contribution in [-0.2, 0) is 16.1 Å². The molecular formula is C16H14N4O5S. The van der Waals surface area contributed by atoms with E-state index in [0.29, 0.717) is 16.7 Å². The van der Waals surface area contributed by atoms with E-state index in [2.05, 4.69) is 20.4 Å². The molecule has 0 bridgehead atoms. The van der Waals surface area contributed by atoms with Crippen molar-refractivity contribution in [3.63, 3.8) is 0 Å². The fraction of sp³-hybridized carbons (Fsp3) is 0.188. The number of benzene rings is 1. The lowest BCUT2D eigenvalue weighted by Gasteiger charge is -1.99. The average molecular weight is 374 g/mol. The quantitative estimate of drug-likeness (QED) is 0.654. The Hall–Kier alpha value is -3.27. The second-order valence-electron chi connectivity index (χ2n) is 5.04. The number of methoxy groups -OCH3 is 1. The minimum absolute atomic E-state index is 0.0913. The summed E-state index contributed by atoms with van der Waals surface area (Å²) in [5.74, 6) is 0.327. The second kappa shape index (κ2) is 7.74. The number of esters is 1. The number of anilines is 1. The molecule has 134 valence electrons. The fourth-order valence-corrected chi connectivity index (χ4v) is 2.67. The molecule has 0 aliphatic rings. The lowest BCUT2D eigenvalue weighted by Crippen LogP contribution is -2.08. The first kappa shape index (κ1) is 17.5. The van der Waals surface area contributed by atoms with E-state index in [1.165, 1.54) is 12.3 Å². The van der Waals surface area contributed by atoms with Gasteiger partial charge in [-0.1, -0.05) is 5.16 Å². The van der Waals surface area contributed by atoms with Gasteiger partial charge >= 0.3 is 5.97 Å². The van der Waals surface area contributed by atoms with Crippen LogP contribution in [0.5, 0.6) is 5.75 Å². The van der Waals surface area contributed by atoms with Gasteiger partial charge in [0.2, 0.25) is 11.7 Å². The number of carbonyl (C=O) groups is 2. The van der Waals surface area contributed by atoms with Gasteiger partial charge in [0.1, 0.15) is 5.75 Å². The highest BCUT2D eigenvalue weighted by molar-refractivity contribution is 7.14. The summed E-state index contributed by atoms with van der Waals surface area (Å²) in [5, 5.41) is 8.16. The number of nitrogens with zero attached hydrogens (tertiary/aromatic N) is 3. The maximum Gasteiger partial charge on any atom is 0.358 e. The summed E-state index contributed by atoms with van der Waals surface area (Å²) in [6.45, 7) is 1.17. The summed E-state index contributed by atoms with van der Waals surface area (Å²) in [6.07, 6.45) is 0. The van der Waals surface area contributed by atoms with Crippen LogP contribution in [0, 0.1) is 0 Å². The third-order valence-electron chi connectivity index (χ3n) is 3.14. The molecule has 1 amide bonds. The van der Waals surface area contributed by atoms with Crippen LogP contribution in [0.15, 0.2) is 34.2 Å². The van der Waals surface area contributed by atoms with Crippen LogP contribution in [0.4, 0.5) is 5.13 Å². The highest BCUT2D eigenvalue weighted by Crippen LogP contribution is 2.20. The molecule has 1 aromatic carbocycles. The van der Waals surface area contributed by atoms with Crippen molar-refractivity contribution < 1.29 is 23.6 Å². The Balaban J connectivity index is 1.59. The van der Waals surface area contributed by atoms with E-state index < -0.39 is 5.97 Å². The Bertz CT molecular complexity index is 919. The van der Waals surface area contributed by atoms with Crippen LogP contribution in [-0.4, -0.2) is 34.1 Å². The van der Waals surface area contributed by atoms with Gasteiger partial charge in [0.25, 0.3) is 5.89 Å². The van der Waals surface area contributed by atoms with Crippen molar-refractivity contribution in [1.29, 1.82) is 0 Å². The molecule has 0 saturated heterocycles. The van der Waals surface area contributed by atoms with E-state index in [4.69, 9.17) is 14.0 Å². The van der Waals surface area contributed by atoms with Gasteiger partial charge < -0.3 is 19.3 Å². The van der Waals surface area contributed by atoms with Gasteiger partial charge in [-0.2, -0.15) is 4.98 Å². The molecule has 0 aliphatic heterocycles. The summed E-state index contributed by atoms with van der Waals surface area (Å²) >= 11 is 1.13. The molecule has 1 N–H and O–H groups in total. The monoisotopic (exact) mass is 374 g/mol. The van der Waals surface area contributed by atoms with E-state index in [-0.39, 0.29) is 24.1 Å². The van der Waals surface area contributed by atoms with Crippen LogP contribution in [0.2, 0.25) is 0 Å². The number of ether oxygens (including phenoxy) is 2. The van der Waals surface area contributed by atoms with Crippen molar-refractivity contribution in [3.8, 4) is 17.1 Å². The van der Waals surface area contributed by atoms with Gasteiger partial charge in [0, 0.05) is 17.9 Å². The first-order valence-corrected chi connectivity index (χ1v) is 8.30. The van der Waals surface area contributed by atoms with E-state index in [9.17, 15) is 9.59 Å². The van der Waals surface area contributed by atoms with E-state index in [1.54, 1.807) is 31.4 Å². The van der Waals surface area contributed by atoms with Gasteiger partial charge in [-0.05, 0) is 24.3 Å². The normalized spacial score (nSPS) is 10.4. The molecule has 0 fully saturated rings. The average Bonchev–Trinajstić information content (AvgIpc) is 3.29. The molecule has 0 saturated carbocycles. The summed E-state index contributed by atoms with van der Waals surface area (Å²) in [4.78, 5) is 31.1. The maximum atomic E-state index is 12.0. The Morgan fingerprint density at radius 3 is 2.69 bits per heavy atom. The number of thiazole rings is 1. The van der Waals surface area contributed by atoms with Crippen LogP contribution in [0.25, 0.3) is 11.4 Å². The van der Waals surface area contributed by atoms with Crippen molar-refractivity contribution >= 4 is 28.3 Å². The largest absolute Gasteiger partial charge is 0.497 e. The SMILES string of the molecule is COc1ccc(-c2noc(COC(=O)c3csc(NC(C)=O)n3)n2)cc1. The number of hydrogen-bond acceptors (Lipinski definition) is 9. The first-order valence-electron chi connectivity index (χ1n) is 7.42. The van der Waals surface area contributed by atoms with Gasteiger partial charge in [-0.3, -0.25) is 4.79 Å². The zero-order chi connectivity index (χ0) is 18.5. The molecule has 3 aromatic rings. The first-order chi connectivity index (χ1) is 12.5. The molecule has 9 nitrogen and oxygen atoms in total. The standard InChI is InChI=1S/C16H14N4O5S/c1-9(21)17-16-18-12(8-26-16)15(22)24-7-13-19-14(20-25-13)10-3-5-11(23-2)6-4-10/h3-6,8H,7H2,1-2H3,(H,17,18,21). The minimum atomic E-state index is -0.651. The molecule has 0 unspecified atom stereocenters. The van der Waals surface area contributed by atoms with Crippen LogP contribution < -0.4 is 10.1 Å². The number of nitrogens with one attached hydrogen (secondary N) is 1. The predicted molar refractivity (Wildman–Crippen MR) is 91.8 cm³/mol. The Morgan fingerprint density at radius 2 is 2.00 bits per heavy atom. The van der Waals surface area contributed by atoms with Crippen molar-refractivity contribution in [2.75, 3.05) is 12.4 Å². The van der Waals surface area contributed by atoms with E-state index in [0.717, 1.165) is 16.9 Å². The van der Waals surface area contributed by atoms with Crippen molar-refractivity contribution in [3.05, 3.63) is 41.2 Å². The van der Waals surface area contributed by atoms with Crippen LogP contribution >= 0.6 is 11.3 Å². The third-order valence-corrected chi connectivity index (χ3v) is 3.90. The fourth-order valence-electron chi connectivity index (χ4n) is 1.95. The highest BCUT2D eigenvalue weighted by Gasteiger charge is 2.15. The molecule has 0 radical (unpaired) electrons. The summed E-state index contributed by atoms with van der Waals surface area (Å²) in [6, 6.07) is 7.14. The predicted octanol–water partition coefficient (Wildman–Crippen LogP) is 2.52. The Labute approximate surface area is 152 Å². The lowest BCUT2D eigenvalue weighted by molar-refractivity contribution is -0.114. The molecule has 2 heterocycles. The molecule has 3 rings (SSSR count). The minimum Gasteiger partial charge on any atom is -0.497 e. The summed E-state index contributed by atoms with van der Waals surface area (Å²) < 4.78 is 15.3. The molecule has 0 aliphatic carbocycles. The summed E-state index contributed by atoms with van der Waals surface area (Å²) in [7, 11) is 1.58. The molecule has 10 heteroatoms. The number of rotatable bonds is 6. The Kier molecular flexibility index (Phi) is 5.23. The molecular weight excluding hydrogens is 360 g/mol. The molecule has 0 atom stereocenters. The molecule has 0 spiro atoms. The zero-order valence-electron chi connectivity index (χ0n) is 13.9. The number of amides is 1. The van der Waals surface area contributed by atoms with Crippen molar-refractivity contribution in [2.24, 2.45) is 0 Å². The van der Waals surface area contributed by atoms with Gasteiger partial charge in [0.05, 0.1) is 7.11 Å². The van der Waals surface area contributed by atoms with Gasteiger partial charge in [-0.15, -0.1) is 11.3 Å². The second-order valence-corrected chi connectivity index (χ2v) is 5.89. The molecule has 26 heavy (non-hydrogen) atoms. The third kappa shape index (κ3) is 4.22. The zero-order valence-corrected chi connectivity index (χ0v) is 14.7. The van der Waals surface area contributed by atoms with Gasteiger partial charge in [0.15, 0.2) is 17.4 Å². The maximum absolute atomic E-state index is 12.0. The number of aromatic nitrogens is 3. The number of hydrogen-bond donors (Lipinski definition) is 1. The Morgan fingerprint density at radius 1 is 1.23 bits per heavy atom. The number of carbonyl (C=O) groups excluding carboxylic acids is 2. The van der Waals surface area contributed by atoms with Crippen molar-refractivity contribution in [2.45, 2.75) is 13.5 Å². The van der Waals surface area contributed by atoms with E-state index >= 15 is 0 Å².